The monoisotopic (exact) mass is 100 g/mol. The molecule has 0 saturated carbocycles. The van der Waals surface area contributed by atoms with Gasteiger partial charge in [-0.3, -0.25) is 0 Å². The topological polar surface area (TPSA) is 49.9 Å². The summed E-state index contributed by atoms with van der Waals surface area (Å²) in [4.78, 5) is 0. The molecule has 0 spiro atoms. The van der Waals surface area contributed by atoms with E-state index >= 15 is 0 Å². The zero-order valence-electron chi connectivity index (χ0n) is 4.86. The molecule has 2 heteroatoms. The van der Waals surface area contributed by atoms with Crippen LogP contribution in [0.5, 0.6) is 0 Å². The molecule has 0 rings (SSSR count). The van der Waals surface area contributed by atoms with Crippen LogP contribution in [-0.4, -0.2) is 12.3 Å². The number of nitrogens with one attached hydrogen (secondary N) is 1. The Kier molecular flexibility index (Phi) is 2.60. The van der Waals surface area contributed by atoms with Gasteiger partial charge in [0.05, 0.1) is 0 Å². The van der Waals surface area contributed by atoms with Crippen LogP contribution in [0, 0.1) is 11.3 Å². The number of rotatable bonds is 2. The first-order chi connectivity index (χ1) is 3.18. The molecule has 1 atom stereocenters. The summed E-state index contributed by atoms with van der Waals surface area (Å²) in [7, 11) is 0. The summed E-state index contributed by atoms with van der Waals surface area (Å²) in [6.07, 6.45) is 0. The summed E-state index contributed by atoms with van der Waals surface area (Å²) in [5.41, 5.74) is 5.90. The molecular formula is C5H12N2. The largest absolute Gasteiger partial charge is 0.330 e. The summed E-state index contributed by atoms with van der Waals surface area (Å²) in [5, 5.41) is 7.02. The first-order valence-electron chi connectivity index (χ1n) is 2.43. The van der Waals surface area contributed by atoms with Crippen molar-refractivity contribution in [3.05, 3.63) is 0 Å². The van der Waals surface area contributed by atoms with Crippen LogP contribution in [0.2, 0.25) is 0 Å². The van der Waals surface area contributed by atoms with Crippen LogP contribution >= 0.6 is 0 Å². The summed E-state index contributed by atoms with van der Waals surface area (Å²) in [6.45, 7) is 4.31. The molecule has 0 aromatic rings. The van der Waals surface area contributed by atoms with E-state index in [1.54, 1.807) is 6.92 Å². The molecule has 0 radical (unpaired) electrons. The van der Waals surface area contributed by atoms with Gasteiger partial charge in [-0.15, -0.1) is 0 Å². The molecule has 2 nitrogen and oxygen atoms in total. The first-order valence-corrected chi connectivity index (χ1v) is 2.43. The van der Waals surface area contributed by atoms with Crippen LogP contribution in [0.15, 0.2) is 0 Å². The quantitative estimate of drug-likeness (QED) is 0.491. The van der Waals surface area contributed by atoms with E-state index in [0.717, 1.165) is 0 Å². The van der Waals surface area contributed by atoms with Gasteiger partial charge in [0.1, 0.15) is 0 Å². The van der Waals surface area contributed by atoms with Crippen molar-refractivity contribution in [2.45, 2.75) is 13.8 Å². The second-order valence-electron chi connectivity index (χ2n) is 1.82. The molecule has 1 unspecified atom stereocenters. The summed E-state index contributed by atoms with van der Waals surface area (Å²) >= 11 is 0. The van der Waals surface area contributed by atoms with Gasteiger partial charge in [0.2, 0.25) is 0 Å². The molecule has 0 aromatic heterocycles. The van der Waals surface area contributed by atoms with Crippen molar-refractivity contribution in [1.29, 1.82) is 5.41 Å². The fraction of sp³-hybridized carbons (Fsp3) is 0.800. The smallest absolute Gasteiger partial charge is 0.00989 e. The third-order valence-corrected chi connectivity index (χ3v) is 1.09. The number of hydrogen-bond donors (Lipinski definition) is 2. The zero-order valence-corrected chi connectivity index (χ0v) is 4.86. The number of nitrogens with two attached hydrogens (primary N) is 1. The molecule has 0 amide bonds. The van der Waals surface area contributed by atoms with E-state index in [2.05, 4.69) is 0 Å². The SMILES string of the molecule is CC(=N)C(C)CN. The van der Waals surface area contributed by atoms with Gasteiger partial charge < -0.3 is 11.1 Å². The fourth-order valence-corrected chi connectivity index (χ4v) is 0.177. The second-order valence-corrected chi connectivity index (χ2v) is 1.82. The van der Waals surface area contributed by atoms with Gasteiger partial charge in [-0.1, -0.05) is 6.92 Å². The van der Waals surface area contributed by atoms with E-state index in [4.69, 9.17) is 11.1 Å². The van der Waals surface area contributed by atoms with Gasteiger partial charge in [-0.2, -0.15) is 0 Å². The van der Waals surface area contributed by atoms with Gasteiger partial charge in [-0.05, 0) is 6.92 Å². The summed E-state index contributed by atoms with van der Waals surface area (Å²) in [6, 6.07) is 0. The molecule has 0 aliphatic rings. The van der Waals surface area contributed by atoms with Crippen LogP contribution in [0.1, 0.15) is 13.8 Å². The third kappa shape index (κ3) is 2.34. The molecule has 0 saturated heterocycles. The maximum absolute atomic E-state index is 7.02. The van der Waals surface area contributed by atoms with Crippen LogP contribution < -0.4 is 5.73 Å². The molecule has 0 aliphatic heterocycles. The molecule has 3 N–H and O–H groups in total. The lowest BCUT2D eigenvalue weighted by Gasteiger charge is -2.02. The first kappa shape index (κ1) is 6.63. The minimum absolute atomic E-state index is 0.264. The van der Waals surface area contributed by atoms with Crippen LogP contribution in [0.3, 0.4) is 0 Å². The van der Waals surface area contributed by atoms with Crippen molar-refractivity contribution >= 4 is 5.71 Å². The van der Waals surface area contributed by atoms with Crippen LogP contribution in [0.4, 0.5) is 0 Å². The molecule has 0 heterocycles. The standard InChI is InChI=1S/C5H12N2/c1-4(3-6)5(2)7/h4,7H,3,6H2,1-2H3. The Morgan fingerprint density at radius 1 is 1.86 bits per heavy atom. The molecule has 0 aromatic carbocycles. The van der Waals surface area contributed by atoms with Crippen LogP contribution in [-0.2, 0) is 0 Å². The normalized spacial score (nSPS) is 13.6. The minimum atomic E-state index is 0.264. The molecule has 42 valence electrons. The predicted octanol–water partition coefficient (Wildman–Crippen LogP) is 0.621. The summed E-state index contributed by atoms with van der Waals surface area (Å²) in [5.74, 6) is 0.264. The van der Waals surface area contributed by atoms with Gasteiger partial charge in [0, 0.05) is 18.2 Å². The predicted molar refractivity (Wildman–Crippen MR) is 31.6 cm³/mol. The molecule has 0 fully saturated rings. The Labute approximate surface area is 44.2 Å². The van der Waals surface area contributed by atoms with E-state index in [9.17, 15) is 0 Å². The highest BCUT2D eigenvalue weighted by Gasteiger charge is 1.97. The highest BCUT2D eigenvalue weighted by molar-refractivity contribution is 5.80. The molecule has 7 heavy (non-hydrogen) atoms. The Morgan fingerprint density at radius 3 is 2.29 bits per heavy atom. The van der Waals surface area contributed by atoms with Crippen LogP contribution in [0.25, 0.3) is 0 Å². The molecular weight excluding hydrogens is 88.1 g/mol. The second kappa shape index (κ2) is 2.75. The molecule has 0 bridgehead atoms. The minimum Gasteiger partial charge on any atom is -0.330 e. The lowest BCUT2D eigenvalue weighted by Crippen LogP contribution is -2.16. The summed E-state index contributed by atoms with van der Waals surface area (Å²) < 4.78 is 0. The van der Waals surface area contributed by atoms with Gasteiger partial charge in [0.15, 0.2) is 0 Å². The lowest BCUT2D eigenvalue weighted by atomic mass is 10.1. The Balaban J connectivity index is 3.34. The van der Waals surface area contributed by atoms with E-state index < -0.39 is 0 Å². The van der Waals surface area contributed by atoms with Crippen molar-refractivity contribution in [1.82, 2.24) is 0 Å². The average Bonchev–Trinajstić information content (AvgIpc) is 1.65. The highest BCUT2D eigenvalue weighted by atomic mass is 14.6. The van der Waals surface area contributed by atoms with E-state index in [-0.39, 0.29) is 5.92 Å². The average molecular weight is 100 g/mol. The van der Waals surface area contributed by atoms with Crippen molar-refractivity contribution in [3.8, 4) is 0 Å². The van der Waals surface area contributed by atoms with E-state index in [1.165, 1.54) is 0 Å². The van der Waals surface area contributed by atoms with Crippen molar-refractivity contribution in [2.75, 3.05) is 6.54 Å². The Hall–Kier alpha value is -0.370. The van der Waals surface area contributed by atoms with E-state index in [0.29, 0.717) is 12.3 Å². The van der Waals surface area contributed by atoms with Crippen molar-refractivity contribution in [2.24, 2.45) is 11.7 Å². The lowest BCUT2D eigenvalue weighted by molar-refractivity contribution is 0.774. The zero-order chi connectivity index (χ0) is 5.86. The highest BCUT2D eigenvalue weighted by Crippen LogP contribution is 1.90. The van der Waals surface area contributed by atoms with Crippen molar-refractivity contribution < 1.29 is 0 Å². The van der Waals surface area contributed by atoms with Gasteiger partial charge in [-0.25, -0.2) is 0 Å². The van der Waals surface area contributed by atoms with E-state index in [1.807, 2.05) is 6.92 Å². The fourth-order valence-electron chi connectivity index (χ4n) is 0.177. The molecule has 0 aliphatic carbocycles. The van der Waals surface area contributed by atoms with Crippen molar-refractivity contribution in [3.63, 3.8) is 0 Å². The Morgan fingerprint density at radius 2 is 2.29 bits per heavy atom. The van der Waals surface area contributed by atoms with Gasteiger partial charge in [0.25, 0.3) is 0 Å². The maximum Gasteiger partial charge on any atom is 0.00989 e. The van der Waals surface area contributed by atoms with Gasteiger partial charge >= 0.3 is 0 Å². The Bertz CT molecular complexity index is 68.5. The maximum atomic E-state index is 7.02. The third-order valence-electron chi connectivity index (χ3n) is 1.09. The number of hydrogen-bond acceptors (Lipinski definition) is 2.